The Morgan fingerprint density at radius 1 is 0.833 bits per heavy atom. The first-order chi connectivity index (χ1) is 8.84. The maximum Gasteiger partial charge on any atom is 0.162 e. The van der Waals surface area contributed by atoms with E-state index in [4.69, 9.17) is 4.74 Å². The van der Waals surface area contributed by atoms with Crippen molar-refractivity contribution in [3.05, 3.63) is 71.8 Å². The lowest BCUT2D eigenvalue weighted by Gasteiger charge is -2.04. The van der Waals surface area contributed by atoms with E-state index in [9.17, 15) is 4.79 Å². The summed E-state index contributed by atoms with van der Waals surface area (Å²) in [6, 6.07) is 19.6. The van der Waals surface area contributed by atoms with Gasteiger partial charge in [-0.15, -0.1) is 0 Å². The summed E-state index contributed by atoms with van der Waals surface area (Å²) in [5.74, 6) is 0.108. The fraction of sp³-hybridized carbons (Fsp3) is 0.188. The van der Waals surface area contributed by atoms with Crippen molar-refractivity contribution in [2.24, 2.45) is 0 Å². The fourth-order valence-corrected chi connectivity index (χ4v) is 1.73. The third-order valence-electron chi connectivity index (χ3n) is 2.62. The number of benzene rings is 2. The van der Waals surface area contributed by atoms with Gasteiger partial charge in [-0.3, -0.25) is 4.79 Å². The molecule has 0 aliphatic carbocycles. The highest BCUT2D eigenvalue weighted by molar-refractivity contribution is 5.82. The molecule has 2 heteroatoms. The Bertz CT molecular complexity index is 477. The Labute approximate surface area is 107 Å². The highest BCUT2D eigenvalue weighted by Gasteiger charge is 2.03. The Hall–Kier alpha value is -1.93. The summed E-state index contributed by atoms with van der Waals surface area (Å²) < 4.78 is 5.40. The quantitative estimate of drug-likeness (QED) is 0.775. The van der Waals surface area contributed by atoms with Crippen LogP contribution in [0.5, 0.6) is 0 Å². The third kappa shape index (κ3) is 4.15. The van der Waals surface area contributed by atoms with Crippen molar-refractivity contribution >= 4 is 5.78 Å². The summed E-state index contributed by atoms with van der Waals surface area (Å²) in [6.45, 7) is 0.658. The van der Waals surface area contributed by atoms with Gasteiger partial charge in [-0.1, -0.05) is 60.7 Å². The van der Waals surface area contributed by atoms with Crippen LogP contribution in [-0.2, 0) is 22.6 Å². The first-order valence-corrected chi connectivity index (χ1v) is 6.02. The van der Waals surface area contributed by atoms with Crippen molar-refractivity contribution in [1.82, 2.24) is 0 Å². The van der Waals surface area contributed by atoms with Gasteiger partial charge in [0.2, 0.25) is 0 Å². The average Bonchev–Trinajstić information content (AvgIpc) is 2.41. The maximum absolute atomic E-state index is 11.7. The fourth-order valence-electron chi connectivity index (χ4n) is 1.73. The van der Waals surface area contributed by atoms with Crippen molar-refractivity contribution in [2.45, 2.75) is 13.0 Å². The van der Waals surface area contributed by atoms with Crippen LogP contribution in [0, 0.1) is 0 Å². The second kappa shape index (κ2) is 6.72. The van der Waals surface area contributed by atoms with Gasteiger partial charge in [0, 0.05) is 6.42 Å². The number of carbonyl (C=O) groups excluding carboxylic acids is 1. The molecule has 18 heavy (non-hydrogen) atoms. The molecule has 0 unspecified atom stereocenters. The second-order valence-electron chi connectivity index (χ2n) is 4.18. The Morgan fingerprint density at radius 2 is 1.39 bits per heavy atom. The van der Waals surface area contributed by atoms with Crippen molar-refractivity contribution < 1.29 is 9.53 Å². The van der Waals surface area contributed by atoms with Crippen LogP contribution in [0.2, 0.25) is 0 Å². The molecular formula is C16H16O2. The largest absolute Gasteiger partial charge is 0.369 e. The molecule has 2 aromatic rings. The minimum absolute atomic E-state index is 0.108. The van der Waals surface area contributed by atoms with E-state index < -0.39 is 0 Å². The van der Waals surface area contributed by atoms with Crippen LogP contribution in [0.1, 0.15) is 11.1 Å². The van der Waals surface area contributed by atoms with Crippen molar-refractivity contribution in [1.29, 1.82) is 0 Å². The van der Waals surface area contributed by atoms with Gasteiger partial charge in [-0.05, 0) is 11.1 Å². The topological polar surface area (TPSA) is 26.3 Å². The first kappa shape index (κ1) is 12.5. The minimum Gasteiger partial charge on any atom is -0.369 e. The molecule has 92 valence electrons. The molecular weight excluding hydrogens is 224 g/mol. The molecule has 0 radical (unpaired) electrons. The Kier molecular flexibility index (Phi) is 4.68. The third-order valence-corrected chi connectivity index (χ3v) is 2.62. The van der Waals surface area contributed by atoms with Crippen molar-refractivity contribution in [3.8, 4) is 0 Å². The smallest absolute Gasteiger partial charge is 0.162 e. The van der Waals surface area contributed by atoms with E-state index in [2.05, 4.69) is 0 Å². The molecule has 0 fully saturated rings. The molecule has 0 atom stereocenters. The molecule has 0 aliphatic rings. The number of rotatable bonds is 6. The molecule has 0 saturated carbocycles. The number of Topliss-reactive ketones (excluding diaryl/α,β-unsaturated/α-hetero) is 1. The monoisotopic (exact) mass is 240 g/mol. The number of ether oxygens (including phenoxy) is 1. The summed E-state index contributed by atoms with van der Waals surface area (Å²) in [5.41, 5.74) is 2.12. The molecule has 2 nitrogen and oxygen atoms in total. The zero-order chi connectivity index (χ0) is 12.6. The zero-order valence-corrected chi connectivity index (χ0v) is 10.2. The molecule has 0 bridgehead atoms. The molecule has 0 heterocycles. The van der Waals surface area contributed by atoms with Crippen LogP contribution in [-0.4, -0.2) is 12.4 Å². The summed E-state index contributed by atoms with van der Waals surface area (Å²) >= 11 is 0. The van der Waals surface area contributed by atoms with E-state index in [1.807, 2.05) is 60.7 Å². The lowest BCUT2D eigenvalue weighted by atomic mass is 10.1. The maximum atomic E-state index is 11.7. The number of hydrogen-bond acceptors (Lipinski definition) is 2. The van der Waals surface area contributed by atoms with Crippen molar-refractivity contribution in [2.75, 3.05) is 6.61 Å². The van der Waals surface area contributed by atoms with Gasteiger partial charge in [-0.25, -0.2) is 0 Å². The highest BCUT2D eigenvalue weighted by Crippen LogP contribution is 2.03. The van der Waals surface area contributed by atoms with Crippen LogP contribution in [0.4, 0.5) is 0 Å². The zero-order valence-electron chi connectivity index (χ0n) is 10.2. The lowest BCUT2D eigenvalue weighted by Crippen LogP contribution is -2.11. The highest BCUT2D eigenvalue weighted by atomic mass is 16.5. The van der Waals surface area contributed by atoms with E-state index in [0.717, 1.165) is 11.1 Å². The van der Waals surface area contributed by atoms with E-state index in [-0.39, 0.29) is 12.4 Å². The normalized spacial score (nSPS) is 10.2. The van der Waals surface area contributed by atoms with Gasteiger partial charge in [-0.2, -0.15) is 0 Å². The average molecular weight is 240 g/mol. The van der Waals surface area contributed by atoms with Gasteiger partial charge >= 0.3 is 0 Å². The lowest BCUT2D eigenvalue weighted by molar-refractivity contribution is -0.123. The molecule has 0 saturated heterocycles. The predicted octanol–water partition coefficient (Wildman–Crippen LogP) is 3.02. The predicted molar refractivity (Wildman–Crippen MR) is 71.3 cm³/mol. The Morgan fingerprint density at radius 3 is 2.00 bits per heavy atom. The van der Waals surface area contributed by atoms with Gasteiger partial charge < -0.3 is 4.74 Å². The van der Waals surface area contributed by atoms with Crippen LogP contribution in [0.25, 0.3) is 0 Å². The van der Waals surface area contributed by atoms with E-state index in [1.54, 1.807) is 0 Å². The molecule has 0 N–H and O–H groups in total. The molecule has 2 aromatic carbocycles. The van der Waals surface area contributed by atoms with Gasteiger partial charge in [0.15, 0.2) is 5.78 Å². The van der Waals surface area contributed by atoms with Crippen molar-refractivity contribution in [3.63, 3.8) is 0 Å². The van der Waals surface area contributed by atoms with Crippen LogP contribution in [0.15, 0.2) is 60.7 Å². The standard InChI is InChI=1S/C16H16O2/c17-16(11-14-7-3-1-4-8-14)13-18-12-15-9-5-2-6-10-15/h1-10H,11-13H2. The second-order valence-corrected chi connectivity index (χ2v) is 4.18. The summed E-state index contributed by atoms with van der Waals surface area (Å²) in [4.78, 5) is 11.7. The van der Waals surface area contributed by atoms with E-state index in [1.165, 1.54) is 0 Å². The molecule has 2 rings (SSSR count). The minimum atomic E-state index is 0.108. The SMILES string of the molecule is O=C(COCc1ccccc1)Cc1ccccc1. The Balaban J connectivity index is 1.73. The summed E-state index contributed by atoms with van der Waals surface area (Å²) in [5, 5.41) is 0. The number of hydrogen-bond donors (Lipinski definition) is 0. The molecule has 0 aliphatic heterocycles. The molecule has 0 amide bonds. The van der Waals surface area contributed by atoms with Crippen LogP contribution < -0.4 is 0 Å². The van der Waals surface area contributed by atoms with Crippen LogP contribution in [0.3, 0.4) is 0 Å². The number of carbonyl (C=O) groups is 1. The van der Waals surface area contributed by atoms with Gasteiger partial charge in [0.25, 0.3) is 0 Å². The van der Waals surface area contributed by atoms with Gasteiger partial charge in [0.1, 0.15) is 6.61 Å². The summed E-state index contributed by atoms with van der Waals surface area (Å²) in [7, 11) is 0. The molecule has 0 aromatic heterocycles. The van der Waals surface area contributed by atoms with Gasteiger partial charge in [0.05, 0.1) is 6.61 Å². The van der Waals surface area contributed by atoms with E-state index in [0.29, 0.717) is 13.0 Å². The molecule has 0 spiro atoms. The summed E-state index contributed by atoms with van der Waals surface area (Å²) in [6.07, 6.45) is 0.440. The van der Waals surface area contributed by atoms with Crippen LogP contribution >= 0.6 is 0 Å². The first-order valence-electron chi connectivity index (χ1n) is 6.02. The number of ketones is 1. The van der Waals surface area contributed by atoms with E-state index >= 15 is 0 Å².